The van der Waals surface area contributed by atoms with Gasteiger partial charge in [0.25, 0.3) is 0 Å². The number of nitrogens with two attached hydrogens (primary N) is 1. The number of esters is 1. The lowest BCUT2D eigenvalue weighted by Gasteiger charge is -2.18. The van der Waals surface area contributed by atoms with Crippen molar-refractivity contribution in [2.24, 2.45) is 0 Å². The van der Waals surface area contributed by atoms with Crippen LogP contribution in [0.25, 0.3) is 0 Å². The van der Waals surface area contributed by atoms with Gasteiger partial charge in [0, 0.05) is 24.5 Å². The number of benzene rings is 2. The van der Waals surface area contributed by atoms with Crippen molar-refractivity contribution in [1.82, 2.24) is 0 Å². The molecule has 0 saturated heterocycles. The van der Waals surface area contributed by atoms with Crippen LogP contribution in [0, 0.1) is 0 Å². The second-order valence-corrected chi connectivity index (χ2v) is 4.93. The highest BCUT2D eigenvalue weighted by Crippen LogP contribution is 2.29. The highest BCUT2D eigenvalue weighted by atomic mass is 16.5. The van der Waals surface area contributed by atoms with Crippen LogP contribution in [0.4, 0.5) is 11.4 Å². The van der Waals surface area contributed by atoms with Gasteiger partial charge in [0.2, 0.25) is 0 Å². The number of carbonyl (C=O) groups is 1. The largest absolute Gasteiger partial charge is 0.465 e. The summed E-state index contributed by atoms with van der Waals surface area (Å²) in [6.07, 6.45) is 0. The summed E-state index contributed by atoms with van der Waals surface area (Å²) in [5, 5.41) is 0. The van der Waals surface area contributed by atoms with Crippen LogP contribution in [0.1, 0.15) is 21.5 Å². The van der Waals surface area contributed by atoms with Gasteiger partial charge in [-0.2, -0.15) is 0 Å². The van der Waals surface area contributed by atoms with Crippen molar-refractivity contribution in [3.63, 3.8) is 0 Å². The van der Waals surface area contributed by atoms with Gasteiger partial charge in [0.1, 0.15) is 0 Å². The zero-order valence-corrected chi connectivity index (χ0v) is 11.3. The quantitative estimate of drug-likeness (QED) is 0.672. The van der Waals surface area contributed by atoms with E-state index >= 15 is 0 Å². The van der Waals surface area contributed by atoms with Crippen molar-refractivity contribution in [2.45, 2.75) is 13.1 Å². The first kappa shape index (κ1) is 12.5. The molecule has 1 aliphatic heterocycles. The van der Waals surface area contributed by atoms with Gasteiger partial charge < -0.3 is 15.4 Å². The molecular formula is C16H16N2O2. The third kappa shape index (κ3) is 2.20. The molecule has 0 bridgehead atoms. The lowest BCUT2D eigenvalue weighted by atomic mass is 10.1. The highest BCUT2D eigenvalue weighted by molar-refractivity contribution is 5.90. The number of hydrogen-bond donors (Lipinski definition) is 1. The molecule has 4 nitrogen and oxygen atoms in total. The van der Waals surface area contributed by atoms with Crippen LogP contribution in [0.15, 0.2) is 42.5 Å². The second-order valence-electron chi connectivity index (χ2n) is 4.93. The number of nitrogens with zero attached hydrogens (tertiary/aromatic N) is 1. The van der Waals surface area contributed by atoms with Gasteiger partial charge in [0.15, 0.2) is 0 Å². The van der Waals surface area contributed by atoms with Gasteiger partial charge in [-0.25, -0.2) is 4.79 Å². The fourth-order valence-electron chi connectivity index (χ4n) is 2.54. The topological polar surface area (TPSA) is 55.6 Å². The Bertz CT molecular complexity index is 667. The Morgan fingerprint density at radius 1 is 1.15 bits per heavy atom. The highest BCUT2D eigenvalue weighted by Gasteiger charge is 2.20. The fourth-order valence-corrected chi connectivity index (χ4v) is 2.54. The molecule has 1 heterocycles. The fraction of sp³-hybridized carbons (Fsp3) is 0.188. The van der Waals surface area contributed by atoms with Crippen molar-refractivity contribution < 1.29 is 9.53 Å². The maximum Gasteiger partial charge on any atom is 0.337 e. The van der Waals surface area contributed by atoms with Gasteiger partial charge >= 0.3 is 5.97 Å². The summed E-state index contributed by atoms with van der Waals surface area (Å²) >= 11 is 0. The van der Waals surface area contributed by atoms with Gasteiger partial charge in [0.05, 0.1) is 12.7 Å². The van der Waals surface area contributed by atoms with E-state index in [2.05, 4.69) is 11.0 Å². The minimum absolute atomic E-state index is 0.312. The number of rotatable bonds is 2. The van der Waals surface area contributed by atoms with E-state index in [0.717, 1.165) is 24.5 Å². The summed E-state index contributed by atoms with van der Waals surface area (Å²) in [5.41, 5.74) is 10.7. The van der Waals surface area contributed by atoms with Crippen LogP contribution in [0.3, 0.4) is 0 Å². The van der Waals surface area contributed by atoms with E-state index < -0.39 is 0 Å². The van der Waals surface area contributed by atoms with Crippen LogP contribution in [-0.4, -0.2) is 13.1 Å². The Labute approximate surface area is 117 Å². The summed E-state index contributed by atoms with van der Waals surface area (Å²) < 4.78 is 4.76. The molecule has 20 heavy (non-hydrogen) atoms. The number of fused-ring (bicyclic) bond motifs is 1. The number of nitrogen functional groups attached to an aromatic ring is 1. The molecule has 0 unspecified atom stereocenters. The van der Waals surface area contributed by atoms with Crippen LogP contribution >= 0.6 is 0 Å². The van der Waals surface area contributed by atoms with Crippen LogP contribution in [0.2, 0.25) is 0 Å². The molecule has 4 heteroatoms. The Morgan fingerprint density at radius 3 is 2.75 bits per heavy atom. The molecule has 3 rings (SSSR count). The predicted octanol–water partition coefficient (Wildman–Crippen LogP) is 2.58. The first-order chi connectivity index (χ1) is 9.67. The molecule has 2 N–H and O–H groups in total. The number of methoxy groups -OCH3 is 1. The third-order valence-corrected chi connectivity index (χ3v) is 3.59. The van der Waals surface area contributed by atoms with E-state index in [1.54, 1.807) is 6.07 Å². The van der Waals surface area contributed by atoms with E-state index in [4.69, 9.17) is 10.5 Å². The number of carbonyl (C=O) groups excluding carboxylic acids is 1. The molecule has 0 saturated carbocycles. The first-order valence-corrected chi connectivity index (χ1v) is 6.48. The van der Waals surface area contributed by atoms with Crippen molar-refractivity contribution in [3.05, 3.63) is 59.2 Å². The summed E-state index contributed by atoms with van der Waals surface area (Å²) in [4.78, 5) is 13.8. The van der Waals surface area contributed by atoms with Gasteiger partial charge in [-0.3, -0.25) is 0 Å². The third-order valence-electron chi connectivity index (χ3n) is 3.59. The molecule has 0 atom stereocenters. The Morgan fingerprint density at radius 2 is 1.95 bits per heavy atom. The average molecular weight is 268 g/mol. The molecule has 0 aliphatic carbocycles. The molecule has 0 amide bonds. The normalized spacial score (nSPS) is 13.2. The molecule has 0 spiro atoms. The van der Waals surface area contributed by atoms with Crippen LogP contribution < -0.4 is 10.6 Å². The van der Waals surface area contributed by atoms with Crippen molar-refractivity contribution in [1.29, 1.82) is 0 Å². The monoisotopic (exact) mass is 268 g/mol. The average Bonchev–Trinajstić information content (AvgIpc) is 2.89. The SMILES string of the molecule is COC(=O)c1cccc(N2Cc3ccc(N)cc3C2)c1. The van der Waals surface area contributed by atoms with Crippen molar-refractivity contribution >= 4 is 17.3 Å². The minimum Gasteiger partial charge on any atom is -0.465 e. The Kier molecular flexibility index (Phi) is 3.06. The second kappa shape index (κ2) is 4.89. The maximum absolute atomic E-state index is 11.6. The van der Waals surface area contributed by atoms with Crippen molar-refractivity contribution in [2.75, 3.05) is 17.7 Å². The molecule has 2 aromatic rings. The summed E-state index contributed by atoms with van der Waals surface area (Å²) in [6, 6.07) is 13.5. The molecular weight excluding hydrogens is 252 g/mol. The standard InChI is InChI=1S/C16H16N2O2/c1-20-16(19)11-3-2-4-15(8-11)18-9-12-5-6-14(17)7-13(12)10-18/h2-8H,9-10,17H2,1H3. The number of hydrogen-bond acceptors (Lipinski definition) is 4. The smallest absolute Gasteiger partial charge is 0.337 e. The predicted molar refractivity (Wildman–Crippen MR) is 78.5 cm³/mol. The van der Waals surface area contributed by atoms with Gasteiger partial charge in [-0.1, -0.05) is 12.1 Å². The molecule has 0 fully saturated rings. The first-order valence-electron chi connectivity index (χ1n) is 6.48. The summed E-state index contributed by atoms with van der Waals surface area (Å²) in [7, 11) is 1.39. The van der Waals surface area contributed by atoms with E-state index in [-0.39, 0.29) is 5.97 Å². The number of ether oxygens (including phenoxy) is 1. The lowest BCUT2D eigenvalue weighted by molar-refractivity contribution is 0.0601. The molecule has 2 aromatic carbocycles. The van der Waals surface area contributed by atoms with E-state index in [1.165, 1.54) is 18.2 Å². The zero-order valence-electron chi connectivity index (χ0n) is 11.3. The van der Waals surface area contributed by atoms with Gasteiger partial charge in [-0.05, 0) is 41.5 Å². The molecule has 0 radical (unpaired) electrons. The van der Waals surface area contributed by atoms with Gasteiger partial charge in [-0.15, -0.1) is 0 Å². The Balaban J connectivity index is 1.87. The van der Waals surface area contributed by atoms with E-state index in [0.29, 0.717) is 5.56 Å². The Hall–Kier alpha value is -2.49. The van der Waals surface area contributed by atoms with E-state index in [1.807, 2.05) is 30.3 Å². The zero-order chi connectivity index (χ0) is 14.1. The maximum atomic E-state index is 11.6. The molecule has 1 aliphatic rings. The number of anilines is 2. The van der Waals surface area contributed by atoms with Crippen molar-refractivity contribution in [3.8, 4) is 0 Å². The van der Waals surface area contributed by atoms with Crippen LogP contribution in [0.5, 0.6) is 0 Å². The van der Waals surface area contributed by atoms with Crippen LogP contribution in [-0.2, 0) is 17.8 Å². The summed E-state index contributed by atoms with van der Waals surface area (Å²) in [5.74, 6) is -0.312. The van der Waals surface area contributed by atoms with E-state index in [9.17, 15) is 4.79 Å². The minimum atomic E-state index is -0.312. The molecule has 102 valence electrons. The lowest BCUT2D eigenvalue weighted by Crippen LogP contribution is -2.15. The molecule has 0 aromatic heterocycles. The summed E-state index contributed by atoms with van der Waals surface area (Å²) in [6.45, 7) is 1.64.